The number of hydrogen-bond donors (Lipinski definition) is 6. The highest BCUT2D eigenvalue weighted by molar-refractivity contribution is 5.94. The summed E-state index contributed by atoms with van der Waals surface area (Å²) in [7, 11) is 0. The van der Waals surface area contributed by atoms with Gasteiger partial charge in [0.15, 0.2) is 0 Å². The second-order valence-electron chi connectivity index (χ2n) is 5.63. The number of benzene rings is 1. The Morgan fingerprint density at radius 3 is 2.67 bits per heavy atom. The van der Waals surface area contributed by atoms with Gasteiger partial charge in [0, 0.05) is 12.1 Å². The lowest BCUT2D eigenvalue weighted by atomic mass is 9.99. The Bertz CT molecular complexity index is 619. The summed E-state index contributed by atoms with van der Waals surface area (Å²) in [6, 6.07) is 6.03. The number of carbonyl (C=O) groups excluding carboxylic acids is 1. The van der Waals surface area contributed by atoms with Gasteiger partial charge in [-0.15, -0.1) is 0 Å². The molecule has 1 aromatic rings. The van der Waals surface area contributed by atoms with Gasteiger partial charge in [-0.1, -0.05) is 24.3 Å². The van der Waals surface area contributed by atoms with Crippen molar-refractivity contribution in [2.24, 2.45) is 11.5 Å². The third kappa shape index (κ3) is 4.75. The zero-order chi connectivity index (χ0) is 17.7. The van der Waals surface area contributed by atoms with E-state index in [1.165, 1.54) is 0 Å². The highest BCUT2D eigenvalue weighted by Gasteiger charge is 2.28. The van der Waals surface area contributed by atoms with Crippen molar-refractivity contribution < 1.29 is 19.5 Å². The predicted molar refractivity (Wildman–Crippen MR) is 86.1 cm³/mol. The Morgan fingerprint density at radius 2 is 2.08 bits per heavy atom. The molecule has 0 saturated carbocycles. The second kappa shape index (κ2) is 7.86. The minimum Gasteiger partial charge on any atom is -0.480 e. The van der Waals surface area contributed by atoms with E-state index in [1.54, 1.807) is 12.1 Å². The minimum atomic E-state index is -1.16. The van der Waals surface area contributed by atoms with Crippen LogP contribution in [0.1, 0.15) is 30.0 Å². The molecular formula is C15H21N5O4. The molecule has 0 radical (unpaired) electrons. The highest BCUT2D eigenvalue weighted by atomic mass is 16.7. The SMILES string of the molecule is N=C(N)c1ccc([C@@H]2C[C@H](CC(=O)NCC(N)C(=O)O)ON2)cc1. The van der Waals surface area contributed by atoms with E-state index in [0.29, 0.717) is 12.0 Å². The van der Waals surface area contributed by atoms with Gasteiger partial charge in [0.1, 0.15) is 11.9 Å². The van der Waals surface area contributed by atoms with Crippen LogP contribution < -0.4 is 22.3 Å². The van der Waals surface area contributed by atoms with Gasteiger partial charge in [0.2, 0.25) is 5.91 Å². The average molecular weight is 335 g/mol. The second-order valence-corrected chi connectivity index (χ2v) is 5.63. The van der Waals surface area contributed by atoms with Crippen molar-refractivity contribution in [2.75, 3.05) is 6.54 Å². The van der Waals surface area contributed by atoms with Crippen LogP contribution in [0.4, 0.5) is 0 Å². The first kappa shape index (κ1) is 17.9. The molecule has 0 aromatic heterocycles. The number of carbonyl (C=O) groups is 2. The third-order valence-corrected chi connectivity index (χ3v) is 3.75. The number of hydrogen-bond acceptors (Lipinski definition) is 6. The van der Waals surface area contributed by atoms with Crippen LogP contribution in [-0.2, 0) is 14.4 Å². The average Bonchev–Trinajstić information content (AvgIpc) is 3.01. The van der Waals surface area contributed by atoms with Crippen LogP contribution in [0, 0.1) is 5.41 Å². The van der Waals surface area contributed by atoms with Crippen LogP contribution in [0.5, 0.6) is 0 Å². The maximum absolute atomic E-state index is 11.8. The van der Waals surface area contributed by atoms with Crippen LogP contribution in [0.3, 0.4) is 0 Å². The predicted octanol–water partition coefficient (Wildman–Crippen LogP) is -0.777. The van der Waals surface area contributed by atoms with Crippen LogP contribution >= 0.6 is 0 Å². The molecule has 2 rings (SSSR count). The summed E-state index contributed by atoms with van der Waals surface area (Å²) in [6.07, 6.45) is 0.391. The molecule has 1 aliphatic heterocycles. The Morgan fingerprint density at radius 1 is 1.42 bits per heavy atom. The standard InChI is InChI=1S/C15H21N5O4/c16-11(15(22)23)7-19-13(21)6-10-5-12(20-24-10)8-1-3-9(4-2-8)14(17)18/h1-4,10-12,20H,5-7,16H2,(H3,17,18)(H,19,21)(H,22,23)/t10-,11?,12+/m1/s1. The molecule has 1 heterocycles. The number of nitrogen functional groups attached to an aromatic ring is 1. The van der Waals surface area contributed by atoms with E-state index < -0.39 is 12.0 Å². The van der Waals surface area contributed by atoms with Gasteiger partial charge in [-0.3, -0.25) is 19.8 Å². The molecule has 8 N–H and O–H groups in total. The Hall–Kier alpha value is -2.49. The number of rotatable bonds is 7. The number of hydroxylamine groups is 1. The molecule has 1 unspecified atom stereocenters. The quantitative estimate of drug-likeness (QED) is 0.281. The number of carboxylic acids is 1. The summed E-state index contributed by atoms with van der Waals surface area (Å²) in [6.45, 7) is -0.121. The van der Waals surface area contributed by atoms with Crippen LogP contribution in [0.25, 0.3) is 0 Å². The fourth-order valence-corrected chi connectivity index (χ4v) is 2.35. The fourth-order valence-electron chi connectivity index (χ4n) is 2.35. The van der Waals surface area contributed by atoms with E-state index >= 15 is 0 Å². The molecule has 1 fully saturated rings. The van der Waals surface area contributed by atoms with E-state index in [2.05, 4.69) is 10.8 Å². The zero-order valence-electron chi connectivity index (χ0n) is 13.0. The molecule has 9 nitrogen and oxygen atoms in total. The molecule has 1 aliphatic rings. The summed E-state index contributed by atoms with van der Waals surface area (Å²) < 4.78 is 0. The summed E-state index contributed by atoms with van der Waals surface area (Å²) in [5.74, 6) is -1.47. The maximum Gasteiger partial charge on any atom is 0.322 e. The summed E-state index contributed by atoms with van der Waals surface area (Å²) in [5.41, 5.74) is 15.2. The smallest absolute Gasteiger partial charge is 0.322 e. The molecular weight excluding hydrogens is 314 g/mol. The number of carboxylic acid groups (broad SMARTS) is 1. The highest BCUT2D eigenvalue weighted by Crippen LogP contribution is 2.27. The third-order valence-electron chi connectivity index (χ3n) is 3.75. The topological polar surface area (TPSA) is 164 Å². The molecule has 0 aliphatic carbocycles. The van der Waals surface area contributed by atoms with E-state index in [1.807, 2.05) is 12.1 Å². The molecule has 0 bridgehead atoms. The lowest BCUT2D eigenvalue weighted by molar-refractivity contribution is -0.138. The lowest BCUT2D eigenvalue weighted by Gasteiger charge is -2.11. The molecule has 3 atom stereocenters. The van der Waals surface area contributed by atoms with Crippen LogP contribution in [0.15, 0.2) is 24.3 Å². The summed E-state index contributed by atoms with van der Waals surface area (Å²) in [4.78, 5) is 27.8. The molecule has 24 heavy (non-hydrogen) atoms. The van der Waals surface area contributed by atoms with Gasteiger partial charge in [0.25, 0.3) is 0 Å². The van der Waals surface area contributed by atoms with E-state index in [-0.39, 0.29) is 36.9 Å². The summed E-state index contributed by atoms with van der Waals surface area (Å²) in [5, 5.41) is 18.5. The fraction of sp³-hybridized carbons (Fsp3) is 0.400. The lowest BCUT2D eigenvalue weighted by Crippen LogP contribution is -2.43. The van der Waals surface area contributed by atoms with Crippen LogP contribution in [-0.4, -0.2) is 41.5 Å². The Kier molecular flexibility index (Phi) is 5.85. The number of nitrogens with two attached hydrogens (primary N) is 2. The maximum atomic E-state index is 11.8. The van der Waals surface area contributed by atoms with Crippen molar-refractivity contribution in [1.82, 2.24) is 10.8 Å². The first-order valence-corrected chi connectivity index (χ1v) is 7.47. The first-order chi connectivity index (χ1) is 11.4. The summed E-state index contributed by atoms with van der Waals surface area (Å²) >= 11 is 0. The van der Waals surface area contributed by atoms with E-state index in [4.69, 9.17) is 26.8 Å². The van der Waals surface area contributed by atoms with Crippen molar-refractivity contribution in [2.45, 2.75) is 31.0 Å². The van der Waals surface area contributed by atoms with Crippen molar-refractivity contribution in [3.8, 4) is 0 Å². The monoisotopic (exact) mass is 335 g/mol. The normalized spacial score (nSPS) is 21.2. The Balaban J connectivity index is 1.81. The van der Waals surface area contributed by atoms with Crippen molar-refractivity contribution >= 4 is 17.7 Å². The van der Waals surface area contributed by atoms with Gasteiger partial charge in [-0.25, -0.2) is 0 Å². The first-order valence-electron chi connectivity index (χ1n) is 7.47. The van der Waals surface area contributed by atoms with Gasteiger partial charge in [0.05, 0.1) is 18.6 Å². The molecule has 1 aromatic carbocycles. The largest absolute Gasteiger partial charge is 0.480 e. The van der Waals surface area contributed by atoms with Crippen LogP contribution in [0.2, 0.25) is 0 Å². The molecule has 0 spiro atoms. The molecule has 1 saturated heterocycles. The molecule has 9 heteroatoms. The van der Waals surface area contributed by atoms with Crippen molar-refractivity contribution in [1.29, 1.82) is 5.41 Å². The van der Waals surface area contributed by atoms with E-state index in [0.717, 1.165) is 5.56 Å². The molecule has 130 valence electrons. The minimum absolute atomic E-state index is 0.00583. The van der Waals surface area contributed by atoms with Gasteiger partial charge < -0.3 is 21.9 Å². The van der Waals surface area contributed by atoms with Gasteiger partial charge >= 0.3 is 5.97 Å². The number of nitrogens with one attached hydrogen (secondary N) is 3. The van der Waals surface area contributed by atoms with E-state index in [9.17, 15) is 9.59 Å². The number of amidine groups is 1. The number of amides is 1. The van der Waals surface area contributed by atoms with Crippen molar-refractivity contribution in [3.63, 3.8) is 0 Å². The molecule has 1 amide bonds. The van der Waals surface area contributed by atoms with Gasteiger partial charge in [-0.2, -0.15) is 5.48 Å². The Labute approximate surface area is 138 Å². The number of aliphatic carboxylic acids is 1. The van der Waals surface area contributed by atoms with Gasteiger partial charge in [-0.05, 0) is 12.0 Å². The zero-order valence-corrected chi connectivity index (χ0v) is 13.0. The van der Waals surface area contributed by atoms with Crippen molar-refractivity contribution in [3.05, 3.63) is 35.4 Å².